The molecule has 0 radical (unpaired) electrons. The molecule has 1 aromatic carbocycles. The van der Waals surface area contributed by atoms with E-state index in [1.165, 1.54) is 0 Å². The molecule has 0 aliphatic rings. The Morgan fingerprint density at radius 2 is 2.20 bits per heavy atom. The molecule has 1 heterocycles. The highest BCUT2D eigenvalue weighted by Gasteiger charge is 2.12. The number of nitrogens with one attached hydrogen (secondary N) is 2. The lowest BCUT2D eigenvalue weighted by Gasteiger charge is -2.06. The third kappa shape index (κ3) is 3.40. The third-order valence-corrected chi connectivity index (χ3v) is 3.02. The molecule has 2 N–H and O–H groups in total. The molecule has 0 fully saturated rings. The van der Waals surface area contributed by atoms with Crippen LogP contribution in [0.25, 0.3) is 0 Å². The van der Waals surface area contributed by atoms with Crippen LogP contribution in [0.4, 0.5) is 8.78 Å². The molecule has 0 unspecified atom stereocenters. The first-order chi connectivity index (χ1) is 9.58. The minimum Gasteiger partial charge on any atom is -0.352 e. The van der Waals surface area contributed by atoms with E-state index in [4.69, 9.17) is 0 Å². The van der Waals surface area contributed by atoms with Gasteiger partial charge in [-0.2, -0.15) is 5.10 Å². The van der Waals surface area contributed by atoms with Crippen LogP contribution in [0.1, 0.15) is 28.0 Å². The molecular formula is C14H15F2N3O. The summed E-state index contributed by atoms with van der Waals surface area (Å²) in [7, 11) is 0. The van der Waals surface area contributed by atoms with E-state index in [2.05, 4.69) is 15.5 Å². The molecule has 4 nitrogen and oxygen atoms in total. The Hall–Kier alpha value is -2.24. The van der Waals surface area contributed by atoms with Crippen molar-refractivity contribution < 1.29 is 13.6 Å². The summed E-state index contributed by atoms with van der Waals surface area (Å²) in [6.45, 7) is 2.31. The third-order valence-electron chi connectivity index (χ3n) is 3.02. The zero-order valence-corrected chi connectivity index (χ0v) is 11.0. The highest BCUT2D eigenvalue weighted by atomic mass is 19.1. The molecule has 0 bridgehead atoms. The van der Waals surface area contributed by atoms with E-state index < -0.39 is 17.5 Å². The molecule has 0 spiro atoms. The van der Waals surface area contributed by atoms with Gasteiger partial charge in [-0.1, -0.05) is 0 Å². The van der Waals surface area contributed by atoms with E-state index in [0.29, 0.717) is 13.0 Å². The Morgan fingerprint density at radius 1 is 1.40 bits per heavy atom. The summed E-state index contributed by atoms with van der Waals surface area (Å²) in [5, 5.41) is 9.30. The first-order valence-electron chi connectivity index (χ1n) is 6.30. The fraction of sp³-hybridized carbons (Fsp3) is 0.286. The van der Waals surface area contributed by atoms with Gasteiger partial charge < -0.3 is 5.32 Å². The molecule has 0 saturated carbocycles. The number of H-pyrrole nitrogens is 1. The second-order valence-electron chi connectivity index (χ2n) is 4.50. The van der Waals surface area contributed by atoms with E-state index in [1.807, 2.05) is 6.92 Å². The first-order valence-corrected chi connectivity index (χ1v) is 6.30. The molecule has 2 rings (SSSR count). The van der Waals surface area contributed by atoms with E-state index in [9.17, 15) is 13.6 Å². The second kappa shape index (κ2) is 6.27. The van der Waals surface area contributed by atoms with Crippen molar-refractivity contribution in [2.75, 3.05) is 6.54 Å². The number of aryl methyl sites for hydroxylation is 2. The van der Waals surface area contributed by atoms with Crippen molar-refractivity contribution in [3.05, 3.63) is 52.9 Å². The fourth-order valence-corrected chi connectivity index (χ4v) is 1.88. The smallest absolute Gasteiger partial charge is 0.254 e. The quantitative estimate of drug-likeness (QED) is 0.825. The lowest BCUT2D eigenvalue weighted by atomic mass is 10.1. The van der Waals surface area contributed by atoms with Crippen LogP contribution >= 0.6 is 0 Å². The number of carbonyl (C=O) groups excluding carboxylic acids is 1. The Balaban J connectivity index is 1.83. The van der Waals surface area contributed by atoms with Crippen LogP contribution in [0, 0.1) is 18.6 Å². The minimum atomic E-state index is -0.727. The number of nitrogens with zero attached hydrogens (tertiary/aromatic N) is 1. The van der Waals surface area contributed by atoms with Crippen LogP contribution < -0.4 is 5.32 Å². The molecule has 0 aliphatic heterocycles. The van der Waals surface area contributed by atoms with Crippen molar-refractivity contribution in [3.8, 4) is 0 Å². The van der Waals surface area contributed by atoms with Gasteiger partial charge in [0.05, 0.1) is 11.8 Å². The number of hydrogen-bond acceptors (Lipinski definition) is 2. The lowest BCUT2D eigenvalue weighted by molar-refractivity contribution is 0.0948. The molecule has 2 aromatic rings. The predicted octanol–water partition coefficient (Wildman–Crippen LogP) is 2.36. The van der Waals surface area contributed by atoms with Crippen LogP contribution in [0.5, 0.6) is 0 Å². The summed E-state index contributed by atoms with van der Waals surface area (Å²) >= 11 is 0. The SMILES string of the molecule is Cc1[nH]ncc1CCCNC(=O)c1cc(F)ccc1F. The van der Waals surface area contributed by atoms with Gasteiger partial charge >= 0.3 is 0 Å². The molecule has 6 heteroatoms. The van der Waals surface area contributed by atoms with Gasteiger partial charge in [0.25, 0.3) is 5.91 Å². The Labute approximate surface area is 115 Å². The predicted molar refractivity (Wildman–Crippen MR) is 70.3 cm³/mol. The number of halogens is 2. The summed E-state index contributed by atoms with van der Waals surface area (Å²) < 4.78 is 26.3. The van der Waals surface area contributed by atoms with Crippen molar-refractivity contribution in [2.24, 2.45) is 0 Å². The maximum Gasteiger partial charge on any atom is 0.254 e. The Bertz CT molecular complexity index is 610. The lowest BCUT2D eigenvalue weighted by Crippen LogP contribution is -2.25. The van der Waals surface area contributed by atoms with Gasteiger partial charge in [0.15, 0.2) is 0 Å². The largest absolute Gasteiger partial charge is 0.352 e. The molecule has 20 heavy (non-hydrogen) atoms. The van der Waals surface area contributed by atoms with Gasteiger partial charge in [-0.15, -0.1) is 0 Å². The van der Waals surface area contributed by atoms with Gasteiger partial charge in [-0.05, 0) is 43.5 Å². The number of aromatic nitrogens is 2. The molecule has 106 valence electrons. The van der Waals surface area contributed by atoms with E-state index in [-0.39, 0.29) is 5.56 Å². The van der Waals surface area contributed by atoms with Crippen molar-refractivity contribution in [1.29, 1.82) is 0 Å². The minimum absolute atomic E-state index is 0.274. The average molecular weight is 279 g/mol. The molecule has 1 aromatic heterocycles. The topological polar surface area (TPSA) is 57.8 Å². The van der Waals surface area contributed by atoms with Gasteiger partial charge in [0.2, 0.25) is 0 Å². The van der Waals surface area contributed by atoms with Gasteiger partial charge in [-0.3, -0.25) is 9.89 Å². The molecule has 0 aliphatic carbocycles. The van der Waals surface area contributed by atoms with Crippen LogP contribution in [-0.4, -0.2) is 22.6 Å². The number of benzene rings is 1. The monoisotopic (exact) mass is 279 g/mol. The number of amides is 1. The highest BCUT2D eigenvalue weighted by Crippen LogP contribution is 2.10. The van der Waals surface area contributed by atoms with E-state index in [0.717, 1.165) is 35.9 Å². The summed E-state index contributed by atoms with van der Waals surface area (Å²) in [4.78, 5) is 11.7. The Morgan fingerprint density at radius 3 is 2.90 bits per heavy atom. The van der Waals surface area contributed by atoms with Gasteiger partial charge in [0, 0.05) is 12.2 Å². The maximum atomic E-state index is 13.4. The number of rotatable bonds is 5. The van der Waals surface area contributed by atoms with Crippen LogP contribution in [0.15, 0.2) is 24.4 Å². The highest BCUT2D eigenvalue weighted by molar-refractivity contribution is 5.94. The molecule has 1 amide bonds. The molecule has 0 atom stereocenters. The van der Waals surface area contributed by atoms with Crippen molar-refractivity contribution in [2.45, 2.75) is 19.8 Å². The summed E-state index contributed by atoms with van der Waals surface area (Å²) in [6.07, 6.45) is 3.20. The first kappa shape index (κ1) is 14.2. The second-order valence-corrected chi connectivity index (χ2v) is 4.50. The van der Waals surface area contributed by atoms with Crippen molar-refractivity contribution in [3.63, 3.8) is 0 Å². The van der Waals surface area contributed by atoms with Gasteiger partial charge in [-0.25, -0.2) is 8.78 Å². The summed E-state index contributed by atoms with van der Waals surface area (Å²) in [5.74, 6) is -1.97. The van der Waals surface area contributed by atoms with Crippen LogP contribution in [0.3, 0.4) is 0 Å². The number of aromatic amines is 1. The normalized spacial score (nSPS) is 10.6. The van der Waals surface area contributed by atoms with Crippen molar-refractivity contribution >= 4 is 5.91 Å². The standard InChI is InChI=1S/C14H15F2N3O/c1-9-10(8-18-19-9)3-2-6-17-14(20)12-7-11(15)4-5-13(12)16/h4-5,7-8H,2-3,6H2,1H3,(H,17,20)(H,18,19). The maximum absolute atomic E-state index is 13.4. The summed E-state index contributed by atoms with van der Waals surface area (Å²) in [6, 6.07) is 2.82. The summed E-state index contributed by atoms with van der Waals surface area (Å²) in [5.41, 5.74) is 1.80. The molecular weight excluding hydrogens is 264 g/mol. The van der Waals surface area contributed by atoms with Crippen molar-refractivity contribution in [1.82, 2.24) is 15.5 Å². The molecule has 0 saturated heterocycles. The van der Waals surface area contributed by atoms with Crippen LogP contribution in [-0.2, 0) is 6.42 Å². The zero-order valence-electron chi connectivity index (χ0n) is 11.0. The van der Waals surface area contributed by atoms with E-state index >= 15 is 0 Å². The number of hydrogen-bond donors (Lipinski definition) is 2. The van der Waals surface area contributed by atoms with E-state index in [1.54, 1.807) is 6.20 Å². The van der Waals surface area contributed by atoms with Gasteiger partial charge in [0.1, 0.15) is 11.6 Å². The Kier molecular flexibility index (Phi) is 4.45. The zero-order chi connectivity index (χ0) is 14.5. The fourth-order valence-electron chi connectivity index (χ4n) is 1.88. The average Bonchev–Trinajstić information content (AvgIpc) is 2.83. The van der Waals surface area contributed by atoms with Crippen LogP contribution in [0.2, 0.25) is 0 Å². The number of carbonyl (C=O) groups is 1.